The quantitative estimate of drug-likeness (QED) is 0.735. The van der Waals surface area contributed by atoms with Gasteiger partial charge in [0.05, 0.1) is 7.11 Å². The maximum atomic E-state index is 11.6. The summed E-state index contributed by atoms with van der Waals surface area (Å²) >= 11 is 0. The first-order valence-electron chi connectivity index (χ1n) is 5.31. The number of hydrogen-bond donors (Lipinski definition) is 1. The van der Waals surface area contributed by atoms with Gasteiger partial charge >= 0.3 is 5.97 Å². The molecule has 0 atom stereocenters. The zero-order chi connectivity index (χ0) is 11.7. The van der Waals surface area contributed by atoms with Gasteiger partial charge in [-0.1, -0.05) is 0 Å². The molecule has 6 heteroatoms. The van der Waals surface area contributed by atoms with E-state index in [0.717, 1.165) is 25.9 Å². The minimum atomic E-state index is -0.424. The van der Waals surface area contributed by atoms with Crippen molar-refractivity contribution in [2.24, 2.45) is 7.05 Å². The van der Waals surface area contributed by atoms with Gasteiger partial charge in [-0.15, -0.1) is 0 Å². The molecule has 1 aliphatic rings. The Labute approximate surface area is 94.0 Å². The number of nitrogens with zero attached hydrogens (tertiary/aromatic N) is 3. The van der Waals surface area contributed by atoms with Crippen LogP contribution in [0.1, 0.15) is 23.2 Å². The van der Waals surface area contributed by atoms with E-state index >= 15 is 0 Å². The number of hydrogen-bond acceptors (Lipinski definition) is 5. The van der Waals surface area contributed by atoms with Gasteiger partial charge in [0.15, 0.2) is 5.82 Å². The molecule has 88 valence electrons. The molecule has 16 heavy (non-hydrogen) atoms. The number of anilines is 2. The van der Waals surface area contributed by atoms with Crippen molar-refractivity contribution in [2.45, 2.75) is 12.8 Å². The van der Waals surface area contributed by atoms with Gasteiger partial charge in [-0.3, -0.25) is 4.68 Å². The van der Waals surface area contributed by atoms with Crippen LogP contribution in [-0.4, -0.2) is 35.9 Å². The van der Waals surface area contributed by atoms with Crippen LogP contribution in [0.15, 0.2) is 0 Å². The molecule has 1 saturated heterocycles. The van der Waals surface area contributed by atoms with Crippen LogP contribution in [0.2, 0.25) is 0 Å². The molecule has 0 amide bonds. The Hall–Kier alpha value is -1.72. The minimum Gasteiger partial charge on any atom is -0.465 e. The maximum absolute atomic E-state index is 11.6. The molecule has 0 radical (unpaired) electrons. The normalized spacial score (nSPS) is 15.5. The highest BCUT2D eigenvalue weighted by Crippen LogP contribution is 2.27. The second-order valence-corrected chi connectivity index (χ2v) is 3.89. The molecule has 0 aromatic carbocycles. The topological polar surface area (TPSA) is 73.4 Å². The minimum absolute atomic E-state index is 0.355. The van der Waals surface area contributed by atoms with Crippen LogP contribution >= 0.6 is 0 Å². The average Bonchev–Trinajstić information content (AvgIpc) is 2.87. The number of nitrogens with two attached hydrogens (primary N) is 1. The van der Waals surface area contributed by atoms with Crippen molar-refractivity contribution in [2.75, 3.05) is 30.8 Å². The molecule has 0 aliphatic carbocycles. The molecule has 1 fully saturated rings. The van der Waals surface area contributed by atoms with E-state index in [2.05, 4.69) is 10.00 Å². The van der Waals surface area contributed by atoms with Gasteiger partial charge in [-0.05, 0) is 12.8 Å². The Bertz CT molecular complexity index is 407. The molecule has 0 saturated carbocycles. The highest BCUT2D eigenvalue weighted by molar-refractivity contribution is 5.99. The van der Waals surface area contributed by atoms with Gasteiger partial charge in [-0.2, -0.15) is 5.10 Å². The summed E-state index contributed by atoms with van der Waals surface area (Å²) in [4.78, 5) is 13.7. The Morgan fingerprint density at radius 2 is 2.06 bits per heavy atom. The molecule has 1 aromatic rings. The number of nitrogen functional groups attached to an aromatic ring is 1. The van der Waals surface area contributed by atoms with Crippen LogP contribution in [0, 0.1) is 0 Å². The lowest BCUT2D eigenvalue weighted by molar-refractivity contribution is 0.0602. The fraction of sp³-hybridized carbons (Fsp3) is 0.600. The van der Waals surface area contributed by atoms with Crippen LogP contribution in [0.4, 0.5) is 11.6 Å². The number of ether oxygens (including phenoxy) is 1. The second kappa shape index (κ2) is 4.03. The number of methoxy groups -OCH3 is 1. The van der Waals surface area contributed by atoms with E-state index in [9.17, 15) is 4.79 Å². The molecule has 1 aliphatic heterocycles. The summed E-state index contributed by atoms with van der Waals surface area (Å²) in [6.45, 7) is 1.83. The first kappa shape index (κ1) is 10.8. The lowest BCUT2D eigenvalue weighted by Crippen LogP contribution is -2.21. The highest BCUT2D eigenvalue weighted by atomic mass is 16.5. The van der Waals surface area contributed by atoms with Crippen molar-refractivity contribution >= 4 is 17.6 Å². The molecular formula is C10H16N4O2. The fourth-order valence-corrected chi connectivity index (χ4v) is 1.97. The standard InChI is InChI=1S/C10H16N4O2/c1-13-8(11)7(10(15)16-2)9(12-13)14-5-3-4-6-14/h3-6,11H2,1-2H3. The predicted octanol–water partition coefficient (Wildman–Crippen LogP) is 0.389. The van der Waals surface area contributed by atoms with Crippen LogP contribution in [0.25, 0.3) is 0 Å². The molecule has 1 aromatic heterocycles. The molecule has 6 nitrogen and oxygen atoms in total. The fourth-order valence-electron chi connectivity index (χ4n) is 1.97. The van der Waals surface area contributed by atoms with E-state index < -0.39 is 5.97 Å². The highest BCUT2D eigenvalue weighted by Gasteiger charge is 2.27. The van der Waals surface area contributed by atoms with Gasteiger partial charge < -0.3 is 15.4 Å². The predicted molar refractivity (Wildman–Crippen MR) is 60.4 cm³/mol. The molecule has 2 N–H and O–H groups in total. The Morgan fingerprint density at radius 3 is 2.62 bits per heavy atom. The second-order valence-electron chi connectivity index (χ2n) is 3.89. The van der Waals surface area contributed by atoms with E-state index in [1.54, 1.807) is 7.05 Å². The van der Waals surface area contributed by atoms with Crippen LogP contribution in [0.5, 0.6) is 0 Å². The summed E-state index contributed by atoms with van der Waals surface area (Å²) in [5.41, 5.74) is 6.20. The Kier molecular flexibility index (Phi) is 2.72. The molecule has 2 rings (SSSR count). The number of esters is 1. The first-order chi connectivity index (χ1) is 7.65. The monoisotopic (exact) mass is 224 g/mol. The molecule has 0 bridgehead atoms. The van der Waals surface area contributed by atoms with Crippen molar-refractivity contribution in [3.05, 3.63) is 5.56 Å². The molecule has 0 unspecified atom stereocenters. The largest absolute Gasteiger partial charge is 0.465 e. The van der Waals surface area contributed by atoms with Gasteiger partial charge in [0.1, 0.15) is 11.4 Å². The number of aryl methyl sites for hydroxylation is 1. The third kappa shape index (κ3) is 1.60. The summed E-state index contributed by atoms with van der Waals surface area (Å²) in [6, 6.07) is 0. The number of carbonyl (C=O) groups is 1. The van der Waals surface area contributed by atoms with Gasteiger partial charge in [0, 0.05) is 20.1 Å². The average molecular weight is 224 g/mol. The zero-order valence-corrected chi connectivity index (χ0v) is 9.56. The molecular weight excluding hydrogens is 208 g/mol. The van der Waals surface area contributed by atoms with Crippen LogP contribution < -0.4 is 10.6 Å². The molecule has 2 heterocycles. The van der Waals surface area contributed by atoms with Crippen LogP contribution in [-0.2, 0) is 11.8 Å². The van der Waals surface area contributed by atoms with Crippen molar-refractivity contribution < 1.29 is 9.53 Å². The zero-order valence-electron chi connectivity index (χ0n) is 9.56. The van der Waals surface area contributed by atoms with E-state index in [1.165, 1.54) is 11.8 Å². The van der Waals surface area contributed by atoms with E-state index in [4.69, 9.17) is 10.5 Å². The van der Waals surface area contributed by atoms with Gasteiger partial charge in [0.25, 0.3) is 0 Å². The number of aromatic nitrogens is 2. The number of carbonyl (C=O) groups excluding carboxylic acids is 1. The Morgan fingerprint density at radius 1 is 1.44 bits per heavy atom. The maximum Gasteiger partial charge on any atom is 0.345 e. The first-order valence-corrected chi connectivity index (χ1v) is 5.31. The summed E-state index contributed by atoms with van der Waals surface area (Å²) in [6.07, 6.45) is 2.24. The number of rotatable bonds is 2. The van der Waals surface area contributed by atoms with Crippen molar-refractivity contribution in [1.82, 2.24) is 9.78 Å². The molecule has 0 spiro atoms. The van der Waals surface area contributed by atoms with Gasteiger partial charge in [0.2, 0.25) is 0 Å². The smallest absolute Gasteiger partial charge is 0.345 e. The van der Waals surface area contributed by atoms with E-state index in [-0.39, 0.29) is 0 Å². The van der Waals surface area contributed by atoms with Crippen molar-refractivity contribution in [1.29, 1.82) is 0 Å². The SMILES string of the molecule is COC(=O)c1c(N2CCCC2)nn(C)c1N. The lowest BCUT2D eigenvalue weighted by atomic mass is 10.3. The van der Waals surface area contributed by atoms with Crippen molar-refractivity contribution in [3.8, 4) is 0 Å². The third-order valence-corrected chi connectivity index (χ3v) is 2.87. The third-order valence-electron chi connectivity index (χ3n) is 2.87. The van der Waals surface area contributed by atoms with Gasteiger partial charge in [-0.25, -0.2) is 4.79 Å². The Balaban J connectivity index is 2.43. The van der Waals surface area contributed by atoms with E-state index in [1.807, 2.05) is 0 Å². The summed E-state index contributed by atoms with van der Waals surface area (Å²) < 4.78 is 6.25. The summed E-state index contributed by atoms with van der Waals surface area (Å²) in [5, 5.41) is 4.28. The van der Waals surface area contributed by atoms with Crippen LogP contribution in [0.3, 0.4) is 0 Å². The van der Waals surface area contributed by atoms with Crippen molar-refractivity contribution in [3.63, 3.8) is 0 Å². The summed E-state index contributed by atoms with van der Waals surface area (Å²) in [5.74, 6) is 0.575. The summed E-state index contributed by atoms with van der Waals surface area (Å²) in [7, 11) is 3.07. The lowest BCUT2D eigenvalue weighted by Gasteiger charge is -2.14. The van der Waals surface area contributed by atoms with E-state index in [0.29, 0.717) is 17.2 Å².